The van der Waals surface area contributed by atoms with E-state index in [-0.39, 0.29) is 18.3 Å². The fourth-order valence-corrected chi connectivity index (χ4v) is 2.33. The molecule has 4 nitrogen and oxygen atoms in total. The molecule has 19 heavy (non-hydrogen) atoms. The number of aromatic nitrogens is 1. The molecule has 0 saturated carbocycles. The number of nitrogens with zero attached hydrogens (tertiary/aromatic N) is 2. The summed E-state index contributed by atoms with van der Waals surface area (Å²) < 4.78 is 12.1. The molecular formula is C14H19BN2O2. The molecule has 1 aromatic rings. The number of hydrogen-bond donors (Lipinski definition) is 0. The van der Waals surface area contributed by atoms with Gasteiger partial charge in [0.1, 0.15) is 0 Å². The normalized spacial score (nSPS) is 23.4. The number of pyridine rings is 1. The Balaban J connectivity index is 1.91. The van der Waals surface area contributed by atoms with Gasteiger partial charge in [-0.15, -0.1) is 0 Å². The third-order valence-corrected chi connectivity index (χ3v) is 4.23. The van der Waals surface area contributed by atoms with Crippen LogP contribution in [0.15, 0.2) is 17.3 Å². The van der Waals surface area contributed by atoms with Crippen LogP contribution in [0, 0.1) is 0 Å². The molecule has 0 aliphatic carbocycles. The van der Waals surface area contributed by atoms with E-state index in [4.69, 9.17) is 9.31 Å². The summed E-state index contributed by atoms with van der Waals surface area (Å²) in [7, 11) is -0.362. The highest BCUT2D eigenvalue weighted by molar-refractivity contribution is 6.62. The van der Waals surface area contributed by atoms with Crippen LogP contribution in [0.5, 0.6) is 0 Å². The van der Waals surface area contributed by atoms with Crippen molar-refractivity contribution in [3.8, 4) is 0 Å². The van der Waals surface area contributed by atoms with Crippen LogP contribution in [-0.4, -0.2) is 29.0 Å². The second kappa shape index (κ2) is 3.90. The Labute approximate surface area is 114 Å². The second-order valence-corrected chi connectivity index (χ2v) is 6.35. The van der Waals surface area contributed by atoms with Gasteiger partial charge in [-0.25, -0.2) is 0 Å². The lowest BCUT2D eigenvalue weighted by Gasteiger charge is -2.32. The molecule has 100 valence electrons. The molecule has 1 aromatic heterocycles. The van der Waals surface area contributed by atoms with Crippen LogP contribution in [0.1, 0.15) is 40.3 Å². The van der Waals surface area contributed by atoms with Gasteiger partial charge in [-0.3, -0.25) is 9.98 Å². The van der Waals surface area contributed by atoms with Crippen molar-refractivity contribution >= 4 is 24.0 Å². The standard InChI is InChI=1S/C14H19BN2O2/c1-9-6-11-12(17-9)7-10(8-16-11)15-18-13(2,3)14(4,5)19-15/h7-8H,6H2,1-5H3. The van der Waals surface area contributed by atoms with Gasteiger partial charge in [0.15, 0.2) is 0 Å². The average molecular weight is 258 g/mol. The van der Waals surface area contributed by atoms with Gasteiger partial charge in [0.05, 0.1) is 22.6 Å². The molecule has 0 bridgehead atoms. The maximum atomic E-state index is 6.03. The summed E-state index contributed by atoms with van der Waals surface area (Å²) in [6, 6.07) is 2.03. The Morgan fingerprint density at radius 2 is 1.79 bits per heavy atom. The first-order chi connectivity index (χ1) is 8.78. The summed E-state index contributed by atoms with van der Waals surface area (Å²) in [5.41, 5.74) is 3.39. The fourth-order valence-electron chi connectivity index (χ4n) is 2.33. The first-order valence-electron chi connectivity index (χ1n) is 6.67. The molecule has 1 fully saturated rings. The summed E-state index contributed by atoms with van der Waals surface area (Å²) in [6.45, 7) is 10.2. The second-order valence-electron chi connectivity index (χ2n) is 6.35. The van der Waals surface area contributed by atoms with Gasteiger partial charge >= 0.3 is 7.12 Å². The Kier molecular flexibility index (Phi) is 2.63. The van der Waals surface area contributed by atoms with Gasteiger partial charge in [0, 0.05) is 23.8 Å². The molecule has 3 heterocycles. The Morgan fingerprint density at radius 1 is 1.16 bits per heavy atom. The fraction of sp³-hybridized carbons (Fsp3) is 0.571. The summed E-state index contributed by atoms with van der Waals surface area (Å²) in [5.74, 6) is 0. The van der Waals surface area contributed by atoms with E-state index in [0.717, 1.165) is 29.0 Å². The van der Waals surface area contributed by atoms with E-state index < -0.39 is 0 Å². The zero-order chi connectivity index (χ0) is 13.8. The average Bonchev–Trinajstić information content (AvgIpc) is 2.74. The summed E-state index contributed by atoms with van der Waals surface area (Å²) >= 11 is 0. The lowest BCUT2D eigenvalue weighted by atomic mass is 9.80. The number of hydrogen-bond acceptors (Lipinski definition) is 4. The molecular weight excluding hydrogens is 239 g/mol. The zero-order valence-electron chi connectivity index (χ0n) is 12.2. The maximum Gasteiger partial charge on any atom is 0.496 e. The van der Waals surface area contributed by atoms with E-state index >= 15 is 0 Å². The topological polar surface area (TPSA) is 43.7 Å². The van der Waals surface area contributed by atoms with Crippen molar-refractivity contribution in [1.82, 2.24) is 4.98 Å². The first kappa shape index (κ1) is 12.8. The molecule has 0 atom stereocenters. The molecule has 0 N–H and O–H groups in total. The van der Waals surface area contributed by atoms with Crippen LogP contribution in [0.4, 0.5) is 5.69 Å². The van der Waals surface area contributed by atoms with Crippen molar-refractivity contribution in [2.24, 2.45) is 4.99 Å². The zero-order valence-corrected chi connectivity index (χ0v) is 12.2. The van der Waals surface area contributed by atoms with E-state index in [1.165, 1.54) is 0 Å². The van der Waals surface area contributed by atoms with Crippen LogP contribution in [0.2, 0.25) is 0 Å². The largest absolute Gasteiger partial charge is 0.496 e. The summed E-state index contributed by atoms with van der Waals surface area (Å²) in [5, 5.41) is 0. The van der Waals surface area contributed by atoms with Gasteiger partial charge in [0.2, 0.25) is 0 Å². The molecule has 3 rings (SSSR count). The van der Waals surface area contributed by atoms with E-state index in [2.05, 4.69) is 37.7 Å². The minimum absolute atomic E-state index is 0.324. The SMILES string of the molecule is CC1=Nc2cc(B3OC(C)(C)C(C)(C)O3)cnc2C1. The van der Waals surface area contributed by atoms with Gasteiger partial charge in [0.25, 0.3) is 0 Å². The van der Waals surface area contributed by atoms with Gasteiger partial charge in [-0.2, -0.15) is 0 Å². The summed E-state index contributed by atoms with van der Waals surface area (Å²) in [4.78, 5) is 8.98. The molecule has 0 aromatic carbocycles. The van der Waals surface area contributed by atoms with Crippen molar-refractivity contribution in [1.29, 1.82) is 0 Å². The highest BCUT2D eigenvalue weighted by Gasteiger charge is 2.51. The van der Waals surface area contributed by atoms with Crippen molar-refractivity contribution < 1.29 is 9.31 Å². The molecule has 0 amide bonds. The van der Waals surface area contributed by atoms with E-state index in [0.29, 0.717) is 0 Å². The van der Waals surface area contributed by atoms with Crippen LogP contribution < -0.4 is 5.46 Å². The number of aliphatic imine (C=N–C) groups is 1. The van der Waals surface area contributed by atoms with Crippen molar-refractivity contribution in [3.63, 3.8) is 0 Å². The quantitative estimate of drug-likeness (QED) is 0.724. The summed E-state index contributed by atoms with van der Waals surface area (Å²) in [6.07, 6.45) is 2.69. The monoisotopic (exact) mass is 258 g/mol. The van der Waals surface area contributed by atoms with Crippen LogP contribution in [0.3, 0.4) is 0 Å². The van der Waals surface area contributed by atoms with Crippen molar-refractivity contribution in [3.05, 3.63) is 18.0 Å². The van der Waals surface area contributed by atoms with Gasteiger partial charge in [-0.05, 0) is 40.7 Å². The van der Waals surface area contributed by atoms with Gasteiger partial charge in [-0.1, -0.05) is 0 Å². The first-order valence-corrected chi connectivity index (χ1v) is 6.67. The molecule has 0 radical (unpaired) electrons. The van der Waals surface area contributed by atoms with E-state index in [1.807, 2.05) is 19.2 Å². The highest BCUT2D eigenvalue weighted by Crippen LogP contribution is 2.36. The lowest BCUT2D eigenvalue weighted by molar-refractivity contribution is 0.00578. The van der Waals surface area contributed by atoms with Crippen molar-refractivity contribution in [2.75, 3.05) is 0 Å². The highest BCUT2D eigenvalue weighted by atomic mass is 16.7. The third kappa shape index (κ3) is 2.01. The smallest absolute Gasteiger partial charge is 0.399 e. The molecule has 0 unspecified atom stereocenters. The molecule has 2 aliphatic rings. The molecule has 1 saturated heterocycles. The predicted octanol–water partition coefficient (Wildman–Crippen LogP) is 2.03. The Morgan fingerprint density at radius 3 is 2.42 bits per heavy atom. The Bertz CT molecular complexity index is 551. The maximum absolute atomic E-state index is 6.03. The van der Waals surface area contributed by atoms with Crippen LogP contribution in [0.25, 0.3) is 0 Å². The number of rotatable bonds is 1. The van der Waals surface area contributed by atoms with E-state index in [1.54, 1.807) is 0 Å². The predicted molar refractivity (Wildman–Crippen MR) is 76.4 cm³/mol. The molecule has 5 heteroatoms. The lowest BCUT2D eigenvalue weighted by Crippen LogP contribution is -2.41. The minimum atomic E-state index is -0.362. The minimum Gasteiger partial charge on any atom is -0.399 e. The number of fused-ring (bicyclic) bond motifs is 1. The third-order valence-electron chi connectivity index (χ3n) is 4.23. The van der Waals surface area contributed by atoms with Gasteiger partial charge < -0.3 is 9.31 Å². The van der Waals surface area contributed by atoms with Crippen molar-refractivity contribution in [2.45, 2.75) is 52.2 Å². The van der Waals surface area contributed by atoms with E-state index in [9.17, 15) is 0 Å². The molecule has 0 spiro atoms. The molecule has 2 aliphatic heterocycles. The Hall–Kier alpha value is -1.20. The van der Waals surface area contributed by atoms with Crippen LogP contribution in [-0.2, 0) is 15.7 Å². The van der Waals surface area contributed by atoms with Crippen LogP contribution >= 0.6 is 0 Å².